The number of halogens is 1. The molecule has 0 aliphatic carbocycles. The molecule has 1 fully saturated rings. The molecule has 3 nitrogen and oxygen atoms in total. The highest BCUT2D eigenvalue weighted by Gasteiger charge is 2.28. The van der Waals surface area contributed by atoms with E-state index in [0.29, 0.717) is 5.02 Å². The number of thioether (sulfide) groups is 1. The molecule has 1 aromatic carbocycles. The number of carboxylic acid groups (broad SMARTS) is 1. The third-order valence-electron chi connectivity index (χ3n) is 3.19. The van der Waals surface area contributed by atoms with Crippen molar-refractivity contribution in [2.45, 2.75) is 18.6 Å². The summed E-state index contributed by atoms with van der Waals surface area (Å²) in [5.41, 5.74) is 1.78. The number of carbonyl (C=O) groups is 1. The SMILES string of the molecule is CC1(C)CN(c2cccc(Cl)c2/C=C/C(=O)O)CCS1. The molecule has 0 bridgehead atoms. The van der Waals surface area contributed by atoms with E-state index in [1.54, 1.807) is 12.1 Å². The van der Waals surface area contributed by atoms with Crippen LogP contribution in [0.15, 0.2) is 24.3 Å². The van der Waals surface area contributed by atoms with Crippen molar-refractivity contribution in [2.75, 3.05) is 23.7 Å². The smallest absolute Gasteiger partial charge is 0.328 e. The summed E-state index contributed by atoms with van der Waals surface area (Å²) in [7, 11) is 0. The number of hydrogen-bond acceptors (Lipinski definition) is 3. The van der Waals surface area contributed by atoms with Gasteiger partial charge in [-0.15, -0.1) is 0 Å². The first-order valence-electron chi connectivity index (χ1n) is 6.47. The van der Waals surface area contributed by atoms with Crippen LogP contribution in [-0.2, 0) is 4.79 Å². The maximum Gasteiger partial charge on any atom is 0.328 e. The Morgan fingerprint density at radius 1 is 1.50 bits per heavy atom. The summed E-state index contributed by atoms with van der Waals surface area (Å²) in [5, 5.41) is 9.38. The van der Waals surface area contributed by atoms with E-state index in [1.807, 2.05) is 23.9 Å². The van der Waals surface area contributed by atoms with Crippen LogP contribution in [0.25, 0.3) is 6.08 Å². The lowest BCUT2D eigenvalue weighted by molar-refractivity contribution is -0.131. The maximum absolute atomic E-state index is 10.7. The van der Waals surface area contributed by atoms with E-state index in [2.05, 4.69) is 18.7 Å². The Balaban J connectivity index is 2.36. The van der Waals surface area contributed by atoms with Crippen LogP contribution in [0.5, 0.6) is 0 Å². The number of nitrogens with zero attached hydrogens (tertiary/aromatic N) is 1. The van der Waals surface area contributed by atoms with Crippen molar-refractivity contribution in [1.29, 1.82) is 0 Å². The van der Waals surface area contributed by atoms with Crippen LogP contribution in [0.2, 0.25) is 5.02 Å². The zero-order valence-electron chi connectivity index (χ0n) is 11.6. The summed E-state index contributed by atoms with van der Waals surface area (Å²) in [5.74, 6) is 0.0899. The van der Waals surface area contributed by atoms with Crippen LogP contribution in [0.1, 0.15) is 19.4 Å². The predicted molar refractivity (Wildman–Crippen MR) is 86.9 cm³/mol. The molecule has 108 valence electrons. The Morgan fingerprint density at radius 3 is 2.90 bits per heavy atom. The molecule has 0 aromatic heterocycles. The van der Waals surface area contributed by atoms with Crippen LogP contribution in [-0.4, -0.2) is 34.7 Å². The second kappa shape index (κ2) is 6.10. The van der Waals surface area contributed by atoms with E-state index in [-0.39, 0.29) is 4.75 Å². The fourth-order valence-corrected chi connectivity index (χ4v) is 3.69. The first kappa shape index (κ1) is 15.3. The Labute approximate surface area is 128 Å². The molecule has 2 rings (SSSR count). The molecule has 0 saturated carbocycles. The van der Waals surface area contributed by atoms with Crippen LogP contribution in [0.4, 0.5) is 5.69 Å². The highest BCUT2D eigenvalue weighted by Crippen LogP contribution is 2.35. The van der Waals surface area contributed by atoms with Gasteiger partial charge in [-0.05, 0) is 32.1 Å². The zero-order chi connectivity index (χ0) is 14.8. The molecule has 1 aliphatic rings. The molecule has 20 heavy (non-hydrogen) atoms. The number of carboxylic acids is 1. The molecule has 1 N–H and O–H groups in total. The molecule has 0 atom stereocenters. The minimum absolute atomic E-state index is 0.189. The van der Waals surface area contributed by atoms with Crippen molar-refractivity contribution >= 4 is 41.1 Å². The number of hydrogen-bond donors (Lipinski definition) is 1. The zero-order valence-corrected chi connectivity index (χ0v) is 13.2. The van der Waals surface area contributed by atoms with E-state index in [9.17, 15) is 4.79 Å². The second-order valence-corrected chi connectivity index (χ2v) is 7.58. The lowest BCUT2D eigenvalue weighted by Gasteiger charge is -2.39. The number of rotatable bonds is 3. The van der Waals surface area contributed by atoms with Gasteiger partial charge in [0.15, 0.2) is 0 Å². The molecule has 0 spiro atoms. The van der Waals surface area contributed by atoms with Crippen molar-refractivity contribution in [3.8, 4) is 0 Å². The average Bonchev–Trinajstić information content (AvgIpc) is 2.35. The summed E-state index contributed by atoms with van der Waals surface area (Å²) in [6.07, 6.45) is 2.71. The average molecular weight is 312 g/mol. The van der Waals surface area contributed by atoms with Gasteiger partial charge in [0.2, 0.25) is 0 Å². The summed E-state index contributed by atoms with van der Waals surface area (Å²) in [4.78, 5) is 13.0. The molecule has 0 amide bonds. The van der Waals surface area contributed by atoms with Crippen molar-refractivity contribution in [1.82, 2.24) is 0 Å². The van der Waals surface area contributed by atoms with Crippen LogP contribution < -0.4 is 4.90 Å². The van der Waals surface area contributed by atoms with E-state index < -0.39 is 5.97 Å². The molecule has 5 heteroatoms. The summed E-state index contributed by atoms with van der Waals surface area (Å²) in [6.45, 7) is 6.32. The van der Waals surface area contributed by atoms with Gasteiger partial charge < -0.3 is 10.0 Å². The molecule has 0 radical (unpaired) electrons. The first-order chi connectivity index (χ1) is 9.39. The predicted octanol–water partition coefficient (Wildman–Crippen LogP) is 3.77. The fourth-order valence-electron chi connectivity index (χ4n) is 2.34. The molecule has 1 heterocycles. The van der Waals surface area contributed by atoms with Crippen molar-refractivity contribution in [2.24, 2.45) is 0 Å². The van der Waals surface area contributed by atoms with Gasteiger partial charge in [-0.2, -0.15) is 11.8 Å². The van der Waals surface area contributed by atoms with Gasteiger partial charge in [0.25, 0.3) is 0 Å². The van der Waals surface area contributed by atoms with Gasteiger partial charge in [0.05, 0.1) is 0 Å². The molecule has 1 saturated heterocycles. The third kappa shape index (κ3) is 3.70. The lowest BCUT2D eigenvalue weighted by Crippen LogP contribution is -2.43. The topological polar surface area (TPSA) is 40.5 Å². The van der Waals surface area contributed by atoms with E-state index in [4.69, 9.17) is 16.7 Å². The number of anilines is 1. The summed E-state index contributed by atoms with van der Waals surface area (Å²) in [6, 6.07) is 5.69. The van der Waals surface area contributed by atoms with Gasteiger partial charge in [0, 0.05) is 45.9 Å². The van der Waals surface area contributed by atoms with E-state index >= 15 is 0 Å². The largest absolute Gasteiger partial charge is 0.478 e. The lowest BCUT2D eigenvalue weighted by atomic mass is 10.1. The minimum Gasteiger partial charge on any atom is -0.478 e. The van der Waals surface area contributed by atoms with E-state index in [1.165, 1.54) is 0 Å². The van der Waals surface area contributed by atoms with Crippen LogP contribution in [0, 0.1) is 0 Å². The summed E-state index contributed by atoms with van der Waals surface area (Å²) < 4.78 is 0.189. The molecule has 0 unspecified atom stereocenters. The molecular weight excluding hydrogens is 294 g/mol. The highest BCUT2D eigenvalue weighted by molar-refractivity contribution is 8.00. The van der Waals surface area contributed by atoms with Gasteiger partial charge >= 0.3 is 5.97 Å². The monoisotopic (exact) mass is 311 g/mol. The third-order valence-corrected chi connectivity index (χ3v) is 4.82. The van der Waals surface area contributed by atoms with E-state index in [0.717, 1.165) is 36.2 Å². The van der Waals surface area contributed by atoms with Crippen molar-refractivity contribution in [3.05, 3.63) is 34.9 Å². The quantitative estimate of drug-likeness (QED) is 0.863. The van der Waals surface area contributed by atoms with Crippen LogP contribution in [0.3, 0.4) is 0 Å². The van der Waals surface area contributed by atoms with Gasteiger partial charge in [0.1, 0.15) is 0 Å². The second-order valence-electron chi connectivity index (χ2n) is 5.37. The number of benzene rings is 1. The molecule has 1 aliphatic heterocycles. The maximum atomic E-state index is 10.7. The first-order valence-corrected chi connectivity index (χ1v) is 7.84. The normalized spacial score (nSPS) is 18.4. The molecular formula is C15H18ClNO2S. The van der Waals surface area contributed by atoms with Crippen molar-refractivity contribution in [3.63, 3.8) is 0 Å². The summed E-state index contributed by atoms with van der Waals surface area (Å²) >= 11 is 8.19. The van der Waals surface area contributed by atoms with Gasteiger partial charge in [-0.25, -0.2) is 4.79 Å². The Hall–Kier alpha value is -1.13. The number of aliphatic carboxylic acids is 1. The standard InChI is InChI=1S/C15H18ClNO2S/c1-15(2)10-17(8-9-20-15)13-5-3-4-12(16)11(13)6-7-14(18)19/h3-7H,8-10H2,1-2H3,(H,18,19)/b7-6+. The minimum atomic E-state index is -0.967. The Kier molecular flexibility index (Phi) is 4.66. The fraction of sp³-hybridized carbons (Fsp3) is 0.400. The Morgan fingerprint density at radius 2 is 2.25 bits per heavy atom. The van der Waals surface area contributed by atoms with Gasteiger partial charge in [-0.1, -0.05) is 17.7 Å². The van der Waals surface area contributed by atoms with Crippen LogP contribution >= 0.6 is 23.4 Å². The molecule has 1 aromatic rings. The highest BCUT2D eigenvalue weighted by atomic mass is 35.5. The van der Waals surface area contributed by atoms with Crippen molar-refractivity contribution < 1.29 is 9.90 Å². The van der Waals surface area contributed by atoms with Gasteiger partial charge in [-0.3, -0.25) is 0 Å². The Bertz CT molecular complexity index is 543.